The van der Waals surface area contributed by atoms with Gasteiger partial charge in [-0.2, -0.15) is 5.26 Å². The van der Waals surface area contributed by atoms with Crippen LogP contribution < -0.4 is 5.32 Å². The summed E-state index contributed by atoms with van der Waals surface area (Å²) in [6.07, 6.45) is 6.68. The van der Waals surface area contributed by atoms with Crippen molar-refractivity contribution in [3.63, 3.8) is 0 Å². The third-order valence-electron chi connectivity index (χ3n) is 3.89. The predicted molar refractivity (Wildman–Crippen MR) is 68.0 cm³/mol. The van der Waals surface area contributed by atoms with Crippen molar-refractivity contribution in [1.29, 1.82) is 5.26 Å². The Morgan fingerprint density at radius 1 is 1.19 bits per heavy atom. The Kier molecular flexibility index (Phi) is 5.84. The maximum atomic E-state index is 8.74. The Morgan fingerprint density at radius 2 is 1.94 bits per heavy atom. The fourth-order valence-corrected chi connectivity index (χ4v) is 2.59. The van der Waals surface area contributed by atoms with E-state index in [9.17, 15) is 0 Å². The Hall–Kier alpha value is -0.550. The van der Waals surface area contributed by atoms with Gasteiger partial charge in [0, 0.05) is 12.6 Å². The van der Waals surface area contributed by atoms with E-state index in [4.69, 9.17) is 5.26 Å². The van der Waals surface area contributed by atoms with Crippen molar-refractivity contribution >= 4 is 0 Å². The zero-order valence-corrected chi connectivity index (χ0v) is 11.0. The van der Waals surface area contributed by atoms with Crippen LogP contribution in [0.2, 0.25) is 0 Å². The highest BCUT2D eigenvalue weighted by Gasteiger charge is 2.20. The molecule has 0 radical (unpaired) electrons. The molecule has 0 spiro atoms. The molecule has 0 aromatic heterocycles. The number of hydrogen-bond donors (Lipinski definition) is 1. The average molecular weight is 222 g/mol. The first-order chi connectivity index (χ1) is 7.63. The first-order valence-corrected chi connectivity index (χ1v) is 6.76. The summed E-state index contributed by atoms with van der Waals surface area (Å²) < 4.78 is 0. The smallest absolute Gasteiger partial charge is 0.0666 e. The molecule has 16 heavy (non-hydrogen) atoms. The second kappa shape index (κ2) is 6.91. The molecule has 1 rings (SSSR count). The molecule has 3 atom stereocenters. The van der Waals surface area contributed by atoms with Crippen LogP contribution in [0.5, 0.6) is 0 Å². The Labute approximate surface area is 100 Å². The van der Waals surface area contributed by atoms with Crippen molar-refractivity contribution in [2.24, 2.45) is 17.8 Å². The highest BCUT2D eigenvalue weighted by molar-refractivity contribution is 4.83. The fraction of sp³-hybridized carbons (Fsp3) is 0.929. The van der Waals surface area contributed by atoms with Gasteiger partial charge in [0.05, 0.1) is 12.0 Å². The largest absolute Gasteiger partial charge is 0.313 e. The number of nitrogens with zero attached hydrogens (tertiary/aromatic N) is 1. The van der Waals surface area contributed by atoms with Crippen molar-refractivity contribution in [3.8, 4) is 6.07 Å². The molecule has 1 aliphatic rings. The van der Waals surface area contributed by atoms with E-state index < -0.39 is 0 Å². The van der Waals surface area contributed by atoms with Gasteiger partial charge in [0.15, 0.2) is 0 Å². The summed E-state index contributed by atoms with van der Waals surface area (Å²) in [4.78, 5) is 0. The average Bonchev–Trinajstić information content (AvgIpc) is 2.51. The van der Waals surface area contributed by atoms with Crippen LogP contribution in [-0.2, 0) is 0 Å². The van der Waals surface area contributed by atoms with E-state index in [-0.39, 0.29) is 5.92 Å². The Bertz CT molecular complexity index is 229. The van der Waals surface area contributed by atoms with Crippen LogP contribution in [0.3, 0.4) is 0 Å². The number of nitrogens with one attached hydrogen (secondary N) is 1. The van der Waals surface area contributed by atoms with Gasteiger partial charge in [0.25, 0.3) is 0 Å². The molecule has 0 amide bonds. The Morgan fingerprint density at radius 3 is 2.56 bits per heavy atom. The molecule has 1 N–H and O–H groups in total. The normalized spacial score (nSPS) is 28.4. The van der Waals surface area contributed by atoms with E-state index in [1.807, 2.05) is 6.92 Å². The molecular weight excluding hydrogens is 196 g/mol. The molecule has 1 aliphatic carbocycles. The summed E-state index contributed by atoms with van der Waals surface area (Å²) in [5.74, 6) is 1.89. The number of nitriles is 1. The molecule has 0 aliphatic heterocycles. The number of hydrogen-bond acceptors (Lipinski definition) is 2. The van der Waals surface area contributed by atoms with E-state index >= 15 is 0 Å². The first-order valence-electron chi connectivity index (χ1n) is 6.76. The third kappa shape index (κ3) is 4.53. The van der Waals surface area contributed by atoms with E-state index in [0.717, 1.165) is 18.4 Å². The summed E-state index contributed by atoms with van der Waals surface area (Å²) in [6.45, 7) is 7.53. The minimum Gasteiger partial charge on any atom is -0.313 e. The topological polar surface area (TPSA) is 35.8 Å². The second-order valence-electron chi connectivity index (χ2n) is 5.65. The molecule has 2 nitrogen and oxygen atoms in total. The van der Waals surface area contributed by atoms with Gasteiger partial charge in [-0.3, -0.25) is 0 Å². The van der Waals surface area contributed by atoms with Crippen molar-refractivity contribution in [1.82, 2.24) is 5.32 Å². The highest BCUT2D eigenvalue weighted by atomic mass is 14.9. The lowest BCUT2D eigenvalue weighted by molar-refractivity contribution is 0.337. The van der Waals surface area contributed by atoms with Gasteiger partial charge in [-0.1, -0.05) is 26.7 Å². The van der Waals surface area contributed by atoms with Crippen molar-refractivity contribution in [2.75, 3.05) is 6.54 Å². The predicted octanol–water partition coefficient (Wildman–Crippen LogP) is 3.34. The Balaban J connectivity index is 2.28. The molecule has 1 fully saturated rings. The maximum Gasteiger partial charge on any atom is 0.0666 e. The molecule has 0 heterocycles. The monoisotopic (exact) mass is 222 g/mol. The molecule has 92 valence electrons. The molecule has 3 unspecified atom stereocenters. The first kappa shape index (κ1) is 13.5. The van der Waals surface area contributed by atoms with Gasteiger partial charge in [-0.05, 0) is 38.0 Å². The molecule has 1 saturated carbocycles. The zero-order valence-electron chi connectivity index (χ0n) is 11.0. The van der Waals surface area contributed by atoms with Crippen molar-refractivity contribution in [3.05, 3.63) is 0 Å². The molecule has 2 heteroatoms. The van der Waals surface area contributed by atoms with Crippen LogP contribution in [0.25, 0.3) is 0 Å². The molecule has 0 saturated heterocycles. The van der Waals surface area contributed by atoms with Gasteiger partial charge < -0.3 is 5.32 Å². The minimum absolute atomic E-state index is 0.143. The fourth-order valence-electron chi connectivity index (χ4n) is 2.59. The highest BCUT2D eigenvalue weighted by Crippen LogP contribution is 2.28. The maximum absolute atomic E-state index is 8.74. The van der Waals surface area contributed by atoms with Crippen molar-refractivity contribution < 1.29 is 0 Å². The second-order valence-corrected chi connectivity index (χ2v) is 5.65. The number of rotatable bonds is 4. The van der Waals surface area contributed by atoms with E-state index in [2.05, 4.69) is 25.2 Å². The minimum atomic E-state index is 0.143. The summed E-state index contributed by atoms with van der Waals surface area (Å²) >= 11 is 0. The zero-order chi connectivity index (χ0) is 12.0. The standard InChI is InChI=1S/C14H26N2/c1-11(2)13-5-4-6-14(8-7-13)16-10-12(3)9-15/h11-14,16H,4-8,10H2,1-3H3. The van der Waals surface area contributed by atoms with Crippen LogP contribution in [0.1, 0.15) is 52.9 Å². The summed E-state index contributed by atoms with van der Waals surface area (Å²) in [5, 5.41) is 12.3. The van der Waals surface area contributed by atoms with Crippen LogP contribution in [0.15, 0.2) is 0 Å². The third-order valence-corrected chi connectivity index (χ3v) is 3.89. The van der Waals surface area contributed by atoms with Crippen LogP contribution in [0, 0.1) is 29.1 Å². The van der Waals surface area contributed by atoms with Crippen LogP contribution in [0.4, 0.5) is 0 Å². The molecule has 0 bridgehead atoms. The lowest BCUT2D eigenvalue weighted by Gasteiger charge is -2.19. The molecule has 0 aromatic carbocycles. The van der Waals surface area contributed by atoms with E-state index in [1.165, 1.54) is 32.1 Å². The van der Waals surface area contributed by atoms with Gasteiger partial charge in [-0.25, -0.2) is 0 Å². The quantitative estimate of drug-likeness (QED) is 0.740. The summed E-state index contributed by atoms with van der Waals surface area (Å²) in [5.41, 5.74) is 0. The lowest BCUT2D eigenvalue weighted by Crippen LogP contribution is -2.32. The van der Waals surface area contributed by atoms with E-state index in [0.29, 0.717) is 6.04 Å². The van der Waals surface area contributed by atoms with Crippen molar-refractivity contribution in [2.45, 2.75) is 58.9 Å². The van der Waals surface area contributed by atoms with Gasteiger partial charge >= 0.3 is 0 Å². The van der Waals surface area contributed by atoms with Gasteiger partial charge in [0.1, 0.15) is 0 Å². The van der Waals surface area contributed by atoms with Gasteiger partial charge in [-0.15, -0.1) is 0 Å². The molecule has 0 aromatic rings. The van der Waals surface area contributed by atoms with Crippen LogP contribution >= 0.6 is 0 Å². The van der Waals surface area contributed by atoms with E-state index in [1.54, 1.807) is 0 Å². The molecular formula is C14H26N2. The summed E-state index contributed by atoms with van der Waals surface area (Å²) in [6, 6.07) is 2.94. The summed E-state index contributed by atoms with van der Waals surface area (Å²) in [7, 11) is 0. The SMILES string of the molecule is CC(C#N)CNC1CCCC(C(C)C)CC1. The lowest BCUT2D eigenvalue weighted by atomic mass is 9.89. The van der Waals surface area contributed by atoms with Crippen LogP contribution in [-0.4, -0.2) is 12.6 Å². The van der Waals surface area contributed by atoms with Gasteiger partial charge in [0.2, 0.25) is 0 Å².